The van der Waals surface area contributed by atoms with E-state index in [9.17, 15) is 0 Å². The third-order valence-electron chi connectivity index (χ3n) is 5.31. The molecule has 1 aromatic carbocycles. The number of hydrogen-bond acceptors (Lipinski definition) is 3. The van der Waals surface area contributed by atoms with Gasteiger partial charge in [0.05, 0.1) is 0 Å². The van der Waals surface area contributed by atoms with Crippen molar-refractivity contribution in [2.24, 2.45) is 11.7 Å². The molecule has 21 heavy (non-hydrogen) atoms. The van der Waals surface area contributed by atoms with Crippen LogP contribution in [0, 0.1) is 5.92 Å². The first-order chi connectivity index (χ1) is 10.2. The summed E-state index contributed by atoms with van der Waals surface area (Å²) in [6.45, 7) is 4.31. The lowest BCUT2D eigenvalue weighted by atomic mass is 9.83. The molecule has 1 aromatic rings. The van der Waals surface area contributed by atoms with E-state index >= 15 is 0 Å². The lowest BCUT2D eigenvalue weighted by Gasteiger charge is -2.48. The van der Waals surface area contributed by atoms with Crippen LogP contribution in [0.5, 0.6) is 0 Å². The van der Waals surface area contributed by atoms with E-state index in [4.69, 9.17) is 5.73 Å². The molecular formula is C17H26BrN3. The molecule has 0 aliphatic carbocycles. The first-order valence-electron chi connectivity index (χ1n) is 8.09. The maximum Gasteiger partial charge on any atom is 0.0481 e. The number of hydrogen-bond donors (Lipinski definition) is 1. The van der Waals surface area contributed by atoms with Gasteiger partial charge >= 0.3 is 0 Å². The Hall–Kier alpha value is -0.420. The second kappa shape index (κ2) is 6.78. The molecule has 3 nitrogen and oxygen atoms in total. The predicted molar refractivity (Wildman–Crippen MR) is 91.3 cm³/mol. The molecule has 2 heterocycles. The highest BCUT2D eigenvalue weighted by molar-refractivity contribution is 9.10. The Morgan fingerprint density at radius 2 is 2.10 bits per heavy atom. The minimum absolute atomic E-state index is 0.341. The van der Waals surface area contributed by atoms with E-state index in [1.165, 1.54) is 42.4 Å². The van der Waals surface area contributed by atoms with Crippen molar-refractivity contribution in [2.75, 3.05) is 33.2 Å². The van der Waals surface area contributed by atoms with Crippen molar-refractivity contribution >= 4 is 15.9 Å². The predicted octanol–water partition coefficient (Wildman–Crippen LogP) is 2.87. The fourth-order valence-electron chi connectivity index (χ4n) is 4.18. The molecule has 2 fully saturated rings. The molecule has 0 amide bonds. The van der Waals surface area contributed by atoms with E-state index in [2.05, 4.69) is 57.0 Å². The molecule has 3 rings (SSSR count). The number of rotatable bonds is 3. The van der Waals surface area contributed by atoms with Crippen LogP contribution in [0.4, 0.5) is 0 Å². The van der Waals surface area contributed by atoms with Gasteiger partial charge in [-0.2, -0.15) is 0 Å². The summed E-state index contributed by atoms with van der Waals surface area (Å²) < 4.78 is 1.18. The van der Waals surface area contributed by atoms with Crippen LogP contribution in [0.3, 0.4) is 0 Å². The van der Waals surface area contributed by atoms with E-state index in [0.717, 1.165) is 18.5 Å². The standard InChI is InChI=1S/C17H26BrN3/c1-20-9-4-5-13-12-21(10-8-16(13)20)17(11-19)14-6-2-3-7-15(14)18/h2-3,6-7,13,16-17H,4-5,8-12,19H2,1H3. The van der Waals surface area contributed by atoms with Gasteiger partial charge in [-0.3, -0.25) is 4.90 Å². The fraction of sp³-hybridized carbons (Fsp3) is 0.647. The Labute approximate surface area is 136 Å². The molecule has 3 unspecified atom stereocenters. The lowest BCUT2D eigenvalue weighted by molar-refractivity contribution is 0.0210. The average Bonchev–Trinajstić information content (AvgIpc) is 2.50. The molecule has 0 bridgehead atoms. The number of halogens is 1. The maximum absolute atomic E-state index is 6.13. The van der Waals surface area contributed by atoms with E-state index in [1.54, 1.807) is 0 Å². The first kappa shape index (κ1) is 15.5. The highest BCUT2D eigenvalue weighted by Crippen LogP contribution is 2.35. The number of piperidine rings is 2. The molecular weight excluding hydrogens is 326 g/mol. The third-order valence-corrected chi connectivity index (χ3v) is 6.03. The van der Waals surface area contributed by atoms with E-state index < -0.39 is 0 Å². The zero-order valence-electron chi connectivity index (χ0n) is 12.8. The number of fused-ring (bicyclic) bond motifs is 1. The summed E-state index contributed by atoms with van der Waals surface area (Å²) in [5.74, 6) is 0.814. The van der Waals surface area contributed by atoms with Gasteiger partial charge in [-0.1, -0.05) is 34.1 Å². The largest absolute Gasteiger partial charge is 0.329 e. The second-order valence-corrected chi connectivity index (χ2v) is 7.36. The van der Waals surface area contributed by atoms with Crippen LogP contribution in [0.2, 0.25) is 0 Å². The third kappa shape index (κ3) is 3.19. The number of nitrogens with two attached hydrogens (primary N) is 1. The molecule has 116 valence electrons. The van der Waals surface area contributed by atoms with Gasteiger partial charge in [0.25, 0.3) is 0 Å². The van der Waals surface area contributed by atoms with Gasteiger partial charge in [0, 0.05) is 36.2 Å². The number of benzene rings is 1. The van der Waals surface area contributed by atoms with Gasteiger partial charge in [-0.15, -0.1) is 0 Å². The summed E-state index contributed by atoms with van der Waals surface area (Å²) in [6, 6.07) is 9.65. The van der Waals surface area contributed by atoms with Crippen molar-refractivity contribution in [3.63, 3.8) is 0 Å². The molecule has 0 aromatic heterocycles. The Morgan fingerprint density at radius 1 is 1.29 bits per heavy atom. The minimum atomic E-state index is 0.341. The Morgan fingerprint density at radius 3 is 2.86 bits per heavy atom. The highest BCUT2D eigenvalue weighted by atomic mass is 79.9. The van der Waals surface area contributed by atoms with Crippen LogP contribution in [-0.4, -0.2) is 49.1 Å². The quantitative estimate of drug-likeness (QED) is 0.908. The van der Waals surface area contributed by atoms with Crippen molar-refractivity contribution in [2.45, 2.75) is 31.3 Å². The summed E-state index contributed by atoms with van der Waals surface area (Å²) >= 11 is 3.69. The van der Waals surface area contributed by atoms with Gasteiger partial charge in [-0.25, -0.2) is 0 Å². The average molecular weight is 352 g/mol. The van der Waals surface area contributed by atoms with Crippen LogP contribution >= 0.6 is 15.9 Å². The molecule has 2 N–H and O–H groups in total. The maximum atomic E-state index is 6.13. The van der Waals surface area contributed by atoms with Gasteiger partial charge < -0.3 is 10.6 Å². The van der Waals surface area contributed by atoms with Crippen LogP contribution in [-0.2, 0) is 0 Å². The Balaban J connectivity index is 1.75. The van der Waals surface area contributed by atoms with Crippen molar-refractivity contribution in [3.05, 3.63) is 34.3 Å². The second-order valence-electron chi connectivity index (χ2n) is 6.51. The minimum Gasteiger partial charge on any atom is -0.329 e. The van der Waals surface area contributed by atoms with Gasteiger partial charge in [-0.05, 0) is 50.4 Å². The number of likely N-dealkylation sites (tertiary alicyclic amines) is 2. The van der Waals surface area contributed by atoms with E-state index in [1.807, 2.05) is 0 Å². The normalized spacial score (nSPS) is 29.1. The molecule has 0 spiro atoms. The SMILES string of the molecule is CN1CCCC2CN(C(CN)c3ccccc3Br)CCC21. The topological polar surface area (TPSA) is 32.5 Å². The lowest BCUT2D eigenvalue weighted by Crippen LogP contribution is -2.54. The molecule has 2 aliphatic heterocycles. The smallest absolute Gasteiger partial charge is 0.0481 e. The fourth-order valence-corrected chi connectivity index (χ4v) is 4.73. The van der Waals surface area contributed by atoms with Crippen LogP contribution in [0.25, 0.3) is 0 Å². The van der Waals surface area contributed by atoms with Gasteiger partial charge in [0.15, 0.2) is 0 Å². The number of nitrogens with zero attached hydrogens (tertiary/aromatic N) is 2. The van der Waals surface area contributed by atoms with Crippen molar-refractivity contribution in [1.29, 1.82) is 0 Å². The van der Waals surface area contributed by atoms with Crippen LogP contribution in [0.1, 0.15) is 30.9 Å². The molecule has 0 radical (unpaired) electrons. The van der Waals surface area contributed by atoms with Crippen LogP contribution < -0.4 is 5.73 Å². The van der Waals surface area contributed by atoms with Crippen molar-refractivity contribution < 1.29 is 0 Å². The summed E-state index contributed by atoms with van der Waals surface area (Å²) in [5, 5.41) is 0. The van der Waals surface area contributed by atoms with E-state index in [-0.39, 0.29) is 0 Å². The summed E-state index contributed by atoms with van der Waals surface area (Å²) in [5.41, 5.74) is 7.46. The summed E-state index contributed by atoms with van der Waals surface area (Å²) in [7, 11) is 2.29. The molecule has 2 saturated heterocycles. The van der Waals surface area contributed by atoms with Crippen molar-refractivity contribution in [1.82, 2.24) is 9.80 Å². The Bertz CT molecular complexity index is 479. The molecule has 0 saturated carbocycles. The zero-order chi connectivity index (χ0) is 14.8. The zero-order valence-corrected chi connectivity index (χ0v) is 14.4. The molecule has 3 atom stereocenters. The monoisotopic (exact) mass is 351 g/mol. The van der Waals surface area contributed by atoms with E-state index in [0.29, 0.717) is 12.6 Å². The highest BCUT2D eigenvalue weighted by Gasteiger charge is 2.36. The molecule has 2 aliphatic rings. The summed E-state index contributed by atoms with van der Waals surface area (Å²) in [4.78, 5) is 5.18. The van der Waals surface area contributed by atoms with Gasteiger partial charge in [0.2, 0.25) is 0 Å². The first-order valence-corrected chi connectivity index (χ1v) is 8.88. The Kier molecular flexibility index (Phi) is 4.99. The summed E-state index contributed by atoms with van der Waals surface area (Å²) in [6.07, 6.45) is 3.99. The van der Waals surface area contributed by atoms with Crippen molar-refractivity contribution in [3.8, 4) is 0 Å². The van der Waals surface area contributed by atoms with Crippen LogP contribution in [0.15, 0.2) is 28.7 Å². The molecule has 4 heteroatoms. The van der Waals surface area contributed by atoms with Gasteiger partial charge in [0.1, 0.15) is 0 Å².